The molecule has 1 aliphatic rings. The summed E-state index contributed by atoms with van der Waals surface area (Å²) in [5.74, 6) is 0. The van der Waals surface area contributed by atoms with Gasteiger partial charge in [0.2, 0.25) is 0 Å². The van der Waals surface area contributed by atoms with Gasteiger partial charge in [-0.25, -0.2) is 18.1 Å². The first-order valence-electron chi connectivity index (χ1n) is 6.53. The number of fused-ring (bicyclic) bond motifs is 1. The van der Waals surface area contributed by atoms with E-state index in [9.17, 15) is 8.42 Å². The molecule has 4 nitrogen and oxygen atoms in total. The molecule has 2 aromatic rings. The maximum Gasteiger partial charge on any atom is 0.258 e. The van der Waals surface area contributed by atoms with Crippen LogP contribution >= 0.6 is 0 Å². The van der Waals surface area contributed by atoms with Gasteiger partial charge in [-0.3, -0.25) is 0 Å². The highest BCUT2D eigenvalue weighted by atomic mass is 32.2. The summed E-state index contributed by atoms with van der Waals surface area (Å²) in [6.07, 6.45) is 4.04. The largest absolute Gasteiger partial charge is 0.258 e. The maximum atomic E-state index is 12.3. The van der Waals surface area contributed by atoms with Crippen molar-refractivity contribution in [1.29, 1.82) is 0 Å². The predicted molar refractivity (Wildman–Crippen MR) is 74.3 cm³/mol. The summed E-state index contributed by atoms with van der Waals surface area (Å²) in [6, 6.07) is 10.9. The summed E-state index contributed by atoms with van der Waals surface area (Å²) < 4.78 is 27.3. The standard InChI is InChI=1S/C14H16N2O2S/c17-19(18,16-12-6-2-3-7-12)14-10-9-11-5-1-4-8-13(11)15-14/h1,4-5,8-10,12,16H,2-3,6-7H2. The van der Waals surface area contributed by atoms with E-state index < -0.39 is 10.0 Å². The number of hydrogen-bond donors (Lipinski definition) is 1. The van der Waals surface area contributed by atoms with E-state index in [4.69, 9.17) is 0 Å². The zero-order valence-corrected chi connectivity index (χ0v) is 11.4. The molecule has 0 bridgehead atoms. The van der Waals surface area contributed by atoms with Gasteiger partial charge in [0, 0.05) is 11.4 Å². The van der Waals surface area contributed by atoms with Crippen LogP contribution in [0.5, 0.6) is 0 Å². The summed E-state index contributed by atoms with van der Waals surface area (Å²) in [4.78, 5) is 4.24. The highest BCUT2D eigenvalue weighted by Gasteiger charge is 2.23. The van der Waals surface area contributed by atoms with Crippen molar-refractivity contribution in [2.45, 2.75) is 36.8 Å². The Labute approximate surface area is 112 Å². The lowest BCUT2D eigenvalue weighted by Gasteiger charge is -2.12. The molecule has 3 rings (SSSR count). The molecular weight excluding hydrogens is 260 g/mol. The van der Waals surface area contributed by atoms with Gasteiger partial charge in [-0.1, -0.05) is 31.0 Å². The third kappa shape index (κ3) is 2.62. The smallest absolute Gasteiger partial charge is 0.235 e. The highest BCUT2D eigenvalue weighted by molar-refractivity contribution is 7.89. The maximum absolute atomic E-state index is 12.3. The Hall–Kier alpha value is -1.46. The fourth-order valence-electron chi connectivity index (χ4n) is 2.52. The molecular formula is C14H16N2O2S. The second-order valence-corrected chi connectivity index (χ2v) is 6.61. The molecule has 0 atom stereocenters. The molecule has 1 aliphatic carbocycles. The van der Waals surface area contributed by atoms with Gasteiger partial charge in [0.05, 0.1) is 5.52 Å². The molecule has 100 valence electrons. The Bertz CT molecular complexity index is 691. The van der Waals surface area contributed by atoms with Crippen LogP contribution < -0.4 is 4.72 Å². The summed E-state index contributed by atoms with van der Waals surface area (Å²) in [7, 11) is -3.50. The lowest BCUT2D eigenvalue weighted by atomic mass is 10.2. The van der Waals surface area contributed by atoms with E-state index in [1.807, 2.05) is 24.3 Å². The van der Waals surface area contributed by atoms with Gasteiger partial charge in [-0.2, -0.15) is 0 Å². The molecule has 1 saturated carbocycles. The Kier molecular flexibility index (Phi) is 3.24. The fourth-order valence-corrected chi connectivity index (χ4v) is 3.78. The summed E-state index contributed by atoms with van der Waals surface area (Å²) in [6.45, 7) is 0. The van der Waals surface area contributed by atoms with Crippen LogP contribution in [0.25, 0.3) is 10.9 Å². The molecule has 19 heavy (non-hydrogen) atoms. The molecule has 0 amide bonds. The summed E-state index contributed by atoms with van der Waals surface area (Å²) in [5, 5.41) is 1.06. The van der Waals surface area contributed by atoms with Gasteiger partial charge < -0.3 is 0 Å². The minimum atomic E-state index is -3.50. The lowest BCUT2D eigenvalue weighted by Crippen LogP contribution is -2.33. The summed E-state index contributed by atoms with van der Waals surface area (Å²) >= 11 is 0. The molecule has 0 aliphatic heterocycles. The van der Waals surface area contributed by atoms with E-state index in [-0.39, 0.29) is 11.1 Å². The first kappa shape index (κ1) is 12.6. The van der Waals surface area contributed by atoms with Crippen molar-refractivity contribution in [3.05, 3.63) is 36.4 Å². The van der Waals surface area contributed by atoms with Crippen LogP contribution in [0, 0.1) is 0 Å². The van der Waals surface area contributed by atoms with Crippen LogP contribution in [-0.2, 0) is 10.0 Å². The van der Waals surface area contributed by atoms with E-state index in [0.29, 0.717) is 5.52 Å². The lowest BCUT2D eigenvalue weighted by molar-refractivity contribution is 0.549. The van der Waals surface area contributed by atoms with Crippen molar-refractivity contribution in [3.63, 3.8) is 0 Å². The van der Waals surface area contributed by atoms with E-state index in [1.165, 1.54) is 0 Å². The average Bonchev–Trinajstić information content (AvgIpc) is 2.90. The van der Waals surface area contributed by atoms with Gasteiger partial charge in [0.15, 0.2) is 5.03 Å². The first-order valence-corrected chi connectivity index (χ1v) is 8.02. The average molecular weight is 276 g/mol. The van der Waals surface area contributed by atoms with Gasteiger partial charge in [0.25, 0.3) is 10.0 Å². The number of sulfonamides is 1. The molecule has 1 heterocycles. The van der Waals surface area contributed by atoms with Crippen LogP contribution in [-0.4, -0.2) is 19.4 Å². The highest BCUT2D eigenvalue weighted by Crippen LogP contribution is 2.21. The predicted octanol–water partition coefficient (Wildman–Crippen LogP) is 2.46. The Morgan fingerprint density at radius 3 is 2.58 bits per heavy atom. The minimum Gasteiger partial charge on any atom is -0.235 e. The number of nitrogens with zero attached hydrogens (tertiary/aromatic N) is 1. The Balaban J connectivity index is 1.93. The molecule has 0 radical (unpaired) electrons. The third-order valence-electron chi connectivity index (χ3n) is 3.53. The number of pyridine rings is 1. The van der Waals surface area contributed by atoms with Crippen molar-refractivity contribution in [2.75, 3.05) is 0 Å². The van der Waals surface area contributed by atoms with Gasteiger partial charge in [-0.15, -0.1) is 0 Å². The third-order valence-corrected chi connectivity index (χ3v) is 4.95. The van der Waals surface area contributed by atoms with Gasteiger partial charge in [-0.05, 0) is 31.0 Å². The van der Waals surface area contributed by atoms with E-state index in [2.05, 4.69) is 9.71 Å². The number of hydrogen-bond acceptors (Lipinski definition) is 3. The zero-order chi connectivity index (χ0) is 13.3. The Morgan fingerprint density at radius 2 is 1.79 bits per heavy atom. The van der Waals surface area contributed by atoms with Crippen molar-refractivity contribution >= 4 is 20.9 Å². The van der Waals surface area contributed by atoms with Crippen LogP contribution in [0.15, 0.2) is 41.4 Å². The van der Waals surface area contributed by atoms with Crippen LogP contribution in [0.3, 0.4) is 0 Å². The van der Waals surface area contributed by atoms with E-state index in [0.717, 1.165) is 31.1 Å². The number of aromatic nitrogens is 1. The molecule has 0 saturated heterocycles. The van der Waals surface area contributed by atoms with Crippen molar-refractivity contribution in [1.82, 2.24) is 9.71 Å². The summed E-state index contributed by atoms with van der Waals surface area (Å²) in [5.41, 5.74) is 0.705. The van der Waals surface area contributed by atoms with E-state index in [1.54, 1.807) is 12.1 Å². The Morgan fingerprint density at radius 1 is 1.05 bits per heavy atom. The molecule has 0 spiro atoms. The molecule has 5 heteroatoms. The number of rotatable bonds is 3. The molecule has 1 fully saturated rings. The minimum absolute atomic E-state index is 0.0678. The molecule has 1 aromatic heterocycles. The van der Waals surface area contributed by atoms with Gasteiger partial charge >= 0.3 is 0 Å². The van der Waals surface area contributed by atoms with Crippen molar-refractivity contribution in [2.24, 2.45) is 0 Å². The second-order valence-electron chi connectivity index (χ2n) is 4.94. The van der Waals surface area contributed by atoms with Crippen molar-refractivity contribution in [3.8, 4) is 0 Å². The zero-order valence-electron chi connectivity index (χ0n) is 10.5. The molecule has 0 unspecified atom stereocenters. The fraction of sp³-hybridized carbons (Fsp3) is 0.357. The molecule has 1 N–H and O–H groups in total. The SMILES string of the molecule is O=S(=O)(NC1CCCC1)c1ccc2ccccc2n1. The number of benzene rings is 1. The van der Waals surface area contributed by atoms with Gasteiger partial charge in [0.1, 0.15) is 0 Å². The van der Waals surface area contributed by atoms with Crippen LogP contribution in [0.2, 0.25) is 0 Å². The normalized spacial score (nSPS) is 17.1. The monoisotopic (exact) mass is 276 g/mol. The van der Waals surface area contributed by atoms with Crippen LogP contribution in [0.1, 0.15) is 25.7 Å². The first-order chi connectivity index (χ1) is 9.15. The number of nitrogens with one attached hydrogen (secondary N) is 1. The quantitative estimate of drug-likeness (QED) is 0.936. The molecule has 1 aromatic carbocycles. The topological polar surface area (TPSA) is 59.1 Å². The van der Waals surface area contributed by atoms with E-state index >= 15 is 0 Å². The van der Waals surface area contributed by atoms with Crippen molar-refractivity contribution < 1.29 is 8.42 Å². The number of para-hydroxylation sites is 1. The van der Waals surface area contributed by atoms with Crippen LogP contribution in [0.4, 0.5) is 0 Å². The second kappa shape index (κ2) is 4.90.